The Hall–Kier alpha value is -0.570. The molecule has 3 heteroatoms. The Morgan fingerprint density at radius 3 is 2.64 bits per heavy atom. The van der Waals surface area contributed by atoms with Crippen LogP contribution in [-0.2, 0) is 9.53 Å². The molecular formula is C11H20O3. The predicted molar refractivity (Wildman–Crippen MR) is 53.8 cm³/mol. The Labute approximate surface area is 85.5 Å². The fraction of sp³-hybridized carbons (Fsp3) is 0.909. The van der Waals surface area contributed by atoms with Crippen molar-refractivity contribution in [2.45, 2.75) is 51.0 Å². The van der Waals surface area contributed by atoms with Crippen molar-refractivity contribution in [3.05, 3.63) is 0 Å². The lowest BCUT2D eigenvalue weighted by molar-refractivity contribution is -0.141. The van der Waals surface area contributed by atoms with Crippen molar-refractivity contribution in [1.82, 2.24) is 0 Å². The number of hydrogen-bond donors (Lipinski definition) is 1. The number of methoxy groups -OCH3 is 1. The smallest absolute Gasteiger partial charge is 0.305 e. The molecule has 0 bridgehead atoms. The molecule has 1 atom stereocenters. The van der Waals surface area contributed by atoms with Crippen LogP contribution in [-0.4, -0.2) is 24.3 Å². The first-order valence-electron chi connectivity index (χ1n) is 5.49. The van der Waals surface area contributed by atoms with E-state index >= 15 is 0 Å². The number of ether oxygens (including phenoxy) is 1. The minimum Gasteiger partial charge on any atom is -0.469 e. The van der Waals surface area contributed by atoms with E-state index in [1.165, 1.54) is 26.4 Å². The Balaban J connectivity index is 2.19. The Bertz CT molecular complexity index is 173. The fourth-order valence-electron chi connectivity index (χ4n) is 2.12. The van der Waals surface area contributed by atoms with Crippen LogP contribution in [0.15, 0.2) is 0 Å². The number of hydrogen-bond acceptors (Lipinski definition) is 3. The molecule has 1 aliphatic rings. The molecule has 0 saturated heterocycles. The van der Waals surface area contributed by atoms with Crippen LogP contribution < -0.4 is 0 Å². The second-order valence-electron chi connectivity index (χ2n) is 4.08. The lowest BCUT2D eigenvalue weighted by atomic mass is 9.84. The van der Waals surface area contributed by atoms with Crippen LogP contribution in [0.4, 0.5) is 0 Å². The van der Waals surface area contributed by atoms with Gasteiger partial charge in [-0.05, 0) is 25.2 Å². The third-order valence-electron chi connectivity index (χ3n) is 3.07. The van der Waals surface area contributed by atoms with E-state index in [4.69, 9.17) is 0 Å². The number of rotatable bonds is 4. The minimum atomic E-state index is -0.311. The van der Waals surface area contributed by atoms with Gasteiger partial charge in [0.2, 0.25) is 0 Å². The van der Waals surface area contributed by atoms with Gasteiger partial charge in [0.15, 0.2) is 0 Å². The van der Waals surface area contributed by atoms with E-state index in [2.05, 4.69) is 4.74 Å². The average Bonchev–Trinajstić information content (AvgIpc) is 2.26. The molecule has 82 valence electrons. The van der Waals surface area contributed by atoms with Crippen molar-refractivity contribution < 1.29 is 14.6 Å². The van der Waals surface area contributed by atoms with Crippen LogP contribution in [0.5, 0.6) is 0 Å². The molecule has 1 rings (SSSR count). The van der Waals surface area contributed by atoms with Gasteiger partial charge in [-0.15, -0.1) is 0 Å². The number of aliphatic hydroxyl groups excluding tert-OH is 1. The summed E-state index contributed by atoms with van der Waals surface area (Å²) < 4.78 is 4.54. The van der Waals surface area contributed by atoms with Crippen molar-refractivity contribution in [1.29, 1.82) is 0 Å². The zero-order chi connectivity index (χ0) is 10.4. The summed E-state index contributed by atoms with van der Waals surface area (Å²) in [5, 5.41) is 9.81. The number of esters is 1. The molecule has 0 unspecified atom stereocenters. The lowest BCUT2D eigenvalue weighted by Gasteiger charge is -2.26. The standard InChI is InChI=1S/C11H20O3/c1-14-11(13)8-7-10(12)9-5-3-2-4-6-9/h9-10,12H,2-8H2,1H3/t10-/m1/s1. The highest BCUT2D eigenvalue weighted by atomic mass is 16.5. The van der Waals surface area contributed by atoms with Crippen LogP contribution >= 0.6 is 0 Å². The highest BCUT2D eigenvalue weighted by Crippen LogP contribution is 2.28. The zero-order valence-corrected chi connectivity index (χ0v) is 8.87. The number of aliphatic hydroxyl groups is 1. The first-order valence-corrected chi connectivity index (χ1v) is 5.49. The van der Waals surface area contributed by atoms with Crippen LogP contribution in [0.25, 0.3) is 0 Å². The van der Waals surface area contributed by atoms with E-state index in [0.717, 1.165) is 12.8 Å². The van der Waals surface area contributed by atoms with Gasteiger partial charge >= 0.3 is 5.97 Å². The monoisotopic (exact) mass is 200 g/mol. The van der Waals surface area contributed by atoms with E-state index in [0.29, 0.717) is 18.8 Å². The Kier molecular flexibility index (Phi) is 4.94. The van der Waals surface area contributed by atoms with Gasteiger partial charge in [-0.1, -0.05) is 19.3 Å². The summed E-state index contributed by atoms with van der Waals surface area (Å²) >= 11 is 0. The molecule has 1 N–H and O–H groups in total. The normalized spacial score (nSPS) is 20.4. The van der Waals surface area contributed by atoms with Crippen LogP contribution in [0.2, 0.25) is 0 Å². The maximum atomic E-state index is 10.9. The molecule has 0 aromatic carbocycles. The molecule has 0 aromatic rings. The lowest BCUT2D eigenvalue weighted by Crippen LogP contribution is -2.23. The Morgan fingerprint density at radius 1 is 1.43 bits per heavy atom. The van der Waals surface area contributed by atoms with Gasteiger partial charge in [0.1, 0.15) is 0 Å². The Morgan fingerprint density at radius 2 is 2.07 bits per heavy atom. The predicted octanol–water partition coefficient (Wildman–Crippen LogP) is 1.88. The highest BCUT2D eigenvalue weighted by Gasteiger charge is 2.22. The number of carbonyl (C=O) groups excluding carboxylic acids is 1. The van der Waals surface area contributed by atoms with E-state index in [9.17, 15) is 9.90 Å². The van der Waals surface area contributed by atoms with E-state index in [-0.39, 0.29) is 12.1 Å². The maximum absolute atomic E-state index is 10.9. The molecule has 1 fully saturated rings. The molecule has 3 nitrogen and oxygen atoms in total. The van der Waals surface area contributed by atoms with Crippen LogP contribution in [0.1, 0.15) is 44.9 Å². The SMILES string of the molecule is COC(=O)CC[C@@H](O)C1CCCCC1. The highest BCUT2D eigenvalue weighted by molar-refractivity contribution is 5.69. The second-order valence-corrected chi connectivity index (χ2v) is 4.08. The average molecular weight is 200 g/mol. The molecule has 0 aromatic heterocycles. The minimum absolute atomic E-state index is 0.222. The maximum Gasteiger partial charge on any atom is 0.305 e. The summed E-state index contributed by atoms with van der Waals surface area (Å²) in [4.78, 5) is 10.9. The van der Waals surface area contributed by atoms with Crippen molar-refractivity contribution >= 4 is 5.97 Å². The van der Waals surface area contributed by atoms with Crippen molar-refractivity contribution in [2.75, 3.05) is 7.11 Å². The fourth-order valence-corrected chi connectivity index (χ4v) is 2.12. The van der Waals surface area contributed by atoms with Gasteiger partial charge in [-0.3, -0.25) is 4.79 Å². The van der Waals surface area contributed by atoms with Gasteiger partial charge in [0.25, 0.3) is 0 Å². The van der Waals surface area contributed by atoms with Gasteiger partial charge in [-0.25, -0.2) is 0 Å². The van der Waals surface area contributed by atoms with Gasteiger partial charge < -0.3 is 9.84 Å². The number of carbonyl (C=O) groups is 1. The third-order valence-corrected chi connectivity index (χ3v) is 3.07. The summed E-state index contributed by atoms with van der Waals surface area (Å²) in [7, 11) is 1.38. The largest absolute Gasteiger partial charge is 0.469 e. The first kappa shape index (κ1) is 11.5. The molecule has 0 heterocycles. The van der Waals surface area contributed by atoms with Crippen molar-refractivity contribution in [3.8, 4) is 0 Å². The molecule has 1 saturated carbocycles. The summed E-state index contributed by atoms with van der Waals surface area (Å²) in [5.74, 6) is 0.188. The van der Waals surface area contributed by atoms with E-state index < -0.39 is 0 Å². The van der Waals surface area contributed by atoms with Crippen LogP contribution in [0, 0.1) is 5.92 Å². The van der Waals surface area contributed by atoms with Crippen molar-refractivity contribution in [3.63, 3.8) is 0 Å². The zero-order valence-electron chi connectivity index (χ0n) is 8.87. The molecule has 14 heavy (non-hydrogen) atoms. The topological polar surface area (TPSA) is 46.5 Å². The summed E-state index contributed by atoms with van der Waals surface area (Å²) in [6.07, 6.45) is 6.55. The van der Waals surface area contributed by atoms with Crippen LogP contribution in [0.3, 0.4) is 0 Å². The third kappa shape index (κ3) is 3.66. The second kappa shape index (κ2) is 6.02. The van der Waals surface area contributed by atoms with E-state index in [1.54, 1.807) is 0 Å². The van der Waals surface area contributed by atoms with Crippen molar-refractivity contribution in [2.24, 2.45) is 5.92 Å². The van der Waals surface area contributed by atoms with Gasteiger partial charge in [-0.2, -0.15) is 0 Å². The van der Waals surface area contributed by atoms with Gasteiger partial charge in [0.05, 0.1) is 13.2 Å². The quantitative estimate of drug-likeness (QED) is 0.705. The van der Waals surface area contributed by atoms with E-state index in [1.807, 2.05) is 0 Å². The molecule has 0 amide bonds. The molecule has 0 radical (unpaired) electrons. The summed E-state index contributed by atoms with van der Waals surface area (Å²) in [5.41, 5.74) is 0. The molecule has 0 spiro atoms. The first-order chi connectivity index (χ1) is 6.74. The molecular weight excluding hydrogens is 180 g/mol. The summed E-state index contributed by atoms with van der Waals surface area (Å²) in [6, 6.07) is 0. The summed E-state index contributed by atoms with van der Waals surface area (Å²) in [6.45, 7) is 0. The van der Waals surface area contributed by atoms with Gasteiger partial charge in [0, 0.05) is 6.42 Å². The molecule has 0 aliphatic heterocycles. The molecule has 1 aliphatic carbocycles.